The topological polar surface area (TPSA) is 38.3 Å². The van der Waals surface area contributed by atoms with Gasteiger partial charge in [0.2, 0.25) is 5.91 Å². The van der Waals surface area contributed by atoms with Crippen molar-refractivity contribution in [3.05, 3.63) is 0 Å². The predicted molar refractivity (Wildman–Crippen MR) is 53.6 cm³/mol. The molecule has 0 aromatic rings. The van der Waals surface area contributed by atoms with Crippen LogP contribution in [0.3, 0.4) is 0 Å². The number of nitrogens with one attached hydrogen (secondary N) is 1. The normalized spacial score (nSPS) is 13.9. The fourth-order valence-electron chi connectivity index (χ4n) is 0.807. The van der Waals surface area contributed by atoms with Crippen LogP contribution in [0.2, 0.25) is 0 Å². The Hall–Kier alpha value is -0.570. The van der Waals surface area contributed by atoms with E-state index < -0.39 is 0 Å². The summed E-state index contributed by atoms with van der Waals surface area (Å²) >= 11 is 0. The Morgan fingerprint density at radius 1 is 1.46 bits per heavy atom. The van der Waals surface area contributed by atoms with Gasteiger partial charge >= 0.3 is 0 Å². The molecule has 0 aromatic heterocycles. The van der Waals surface area contributed by atoms with E-state index in [0.29, 0.717) is 6.61 Å². The van der Waals surface area contributed by atoms with E-state index in [1.807, 2.05) is 27.7 Å². The Balaban J connectivity index is 3.79. The number of hydrogen-bond donors (Lipinski definition) is 1. The minimum absolute atomic E-state index is 0.0936. The van der Waals surface area contributed by atoms with Crippen LogP contribution in [0.1, 0.15) is 34.1 Å². The lowest BCUT2D eigenvalue weighted by molar-refractivity contribution is -0.129. The Bertz CT molecular complexity index is 161. The molecule has 1 unspecified atom stereocenters. The van der Waals surface area contributed by atoms with Crippen LogP contribution in [-0.4, -0.2) is 25.7 Å². The minimum Gasteiger partial charge on any atom is -0.385 e. The monoisotopic (exact) mass is 187 g/mol. The molecule has 0 aliphatic carbocycles. The molecule has 1 N–H and O–H groups in total. The summed E-state index contributed by atoms with van der Waals surface area (Å²) in [5, 5.41) is 2.94. The molecule has 13 heavy (non-hydrogen) atoms. The number of methoxy groups -OCH3 is 1. The first-order valence-corrected chi connectivity index (χ1v) is 4.68. The number of hydrogen-bond acceptors (Lipinski definition) is 2. The average molecular weight is 187 g/mol. The first kappa shape index (κ1) is 12.4. The standard InChI is InChI=1S/C10H21NO2/c1-8(6-7-13-5)11-9(12)10(2,3)4/h8H,6-7H2,1-5H3,(H,11,12). The molecule has 0 radical (unpaired) electrons. The van der Waals surface area contributed by atoms with Crippen molar-refractivity contribution >= 4 is 5.91 Å². The maximum atomic E-state index is 11.5. The van der Waals surface area contributed by atoms with E-state index in [2.05, 4.69) is 5.32 Å². The van der Waals surface area contributed by atoms with Crippen molar-refractivity contribution in [2.75, 3.05) is 13.7 Å². The highest BCUT2D eigenvalue weighted by atomic mass is 16.5. The minimum atomic E-state index is -0.304. The summed E-state index contributed by atoms with van der Waals surface area (Å²) < 4.78 is 4.93. The summed E-state index contributed by atoms with van der Waals surface area (Å²) in [7, 11) is 1.66. The molecule has 0 rings (SSSR count). The Morgan fingerprint density at radius 2 is 2.00 bits per heavy atom. The lowest BCUT2D eigenvalue weighted by Gasteiger charge is -2.21. The first-order valence-electron chi connectivity index (χ1n) is 4.68. The Morgan fingerprint density at radius 3 is 2.38 bits per heavy atom. The highest BCUT2D eigenvalue weighted by Crippen LogP contribution is 2.13. The van der Waals surface area contributed by atoms with Crippen LogP contribution < -0.4 is 5.32 Å². The molecule has 0 saturated carbocycles. The van der Waals surface area contributed by atoms with E-state index >= 15 is 0 Å². The molecule has 0 spiro atoms. The molecule has 78 valence electrons. The van der Waals surface area contributed by atoms with E-state index in [-0.39, 0.29) is 17.4 Å². The quantitative estimate of drug-likeness (QED) is 0.725. The second kappa shape index (κ2) is 5.22. The van der Waals surface area contributed by atoms with Gasteiger partial charge in [-0.2, -0.15) is 0 Å². The van der Waals surface area contributed by atoms with Gasteiger partial charge in [-0.15, -0.1) is 0 Å². The average Bonchev–Trinajstić information content (AvgIpc) is 1.99. The van der Waals surface area contributed by atoms with Gasteiger partial charge in [0.25, 0.3) is 0 Å². The largest absolute Gasteiger partial charge is 0.385 e. The first-order chi connectivity index (χ1) is 5.88. The molecule has 0 heterocycles. The molecular weight excluding hydrogens is 166 g/mol. The van der Waals surface area contributed by atoms with Crippen molar-refractivity contribution in [2.45, 2.75) is 40.2 Å². The summed E-state index contributed by atoms with van der Waals surface area (Å²) in [6.45, 7) is 8.40. The van der Waals surface area contributed by atoms with Crippen molar-refractivity contribution in [1.82, 2.24) is 5.32 Å². The molecule has 3 nitrogen and oxygen atoms in total. The summed E-state index contributed by atoms with van der Waals surface area (Å²) in [5.41, 5.74) is -0.304. The lowest BCUT2D eigenvalue weighted by Crippen LogP contribution is -2.40. The van der Waals surface area contributed by atoms with Crippen LogP contribution in [0.4, 0.5) is 0 Å². The van der Waals surface area contributed by atoms with E-state index in [9.17, 15) is 4.79 Å². The molecule has 0 aliphatic rings. The third-order valence-electron chi connectivity index (χ3n) is 1.81. The van der Waals surface area contributed by atoms with E-state index in [4.69, 9.17) is 4.74 Å². The van der Waals surface area contributed by atoms with Gasteiger partial charge in [0.1, 0.15) is 0 Å². The van der Waals surface area contributed by atoms with E-state index in [1.54, 1.807) is 7.11 Å². The summed E-state index contributed by atoms with van der Waals surface area (Å²) in [5.74, 6) is 0.0936. The maximum absolute atomic E-state index is 11.5. The lowest BCUT2D eigenvalue weighted by atomic mass is 9.95. The third kappa shape index (κ3) is 5.64. The Kier molecular flexibility index (Phi) is 4.99. The predicted octanol–water partition coefficient (Wildman–Crippen LogP) is 1.57. The summed E-state index contributed by atoms with van der Waals surface area (Å²) in [4.78, 5) is 11.5. The number of rotatable bonds is 4. The molecule has 3 heteroatoms. The Labute approximate surface area is 80.8 Å². The van der Waals surface area contributed by atoms with Crippen LogP contribution in [0.5, 0.6) is 0 Å². The molecule has 0 fully saturated rings. The highest BCUT2D eigenvalue weighted by molar-refractivity contribution is 5.81. The van der Waals surface area contributed by atoms with Gasteiger partial charge in [-0.25, -0.2) is 0 Å². The van der Waals surface area contributed by atoms with Crippen molar-refractivity contribution in [1.29, 1.82) is 0 Å². The van der Waals surface area contributed by atoms with Crippen LogP contribution in [0.25, 0.3) is 0 Å². The number of ether oxygens (including phenoxy) is 1. The second-order valence-electron chi connectivity index (χ2n) is 4.41. The maximum Gasteiger partial charge on any atom is 0.225 e. The van der Waals surface area contributed by atoms with Gasteiger partial charge in [0.15, 0.2) is 0 Å². The summed E-state index contributed by atoms with van der Waals surface area (Å²) in [6, 6.07) is 0.187. The van der Waals surface area contributed by atoms with Crippen LogP contribution in [0.15, 0.2) is 0 Å². The fraction of sp³-hybridized carbons (Fsp3) is 0.900. The molecule has 0 aliphatic heterocycles. The molecule has 0 bridgehead atoms. The van der Waals surface area contributed by atoms with Gasteiger partial charge in [0.05, 0.1) is 0 Å². The molecule has 1 atom stereocenters. The number of carbonyl (C=O) groups excluding carboxylic acids is 1. The van der Waals surface area contributed by atoms with E-state index in [1.165, 1.54) is 0 Å². The zero-order valence-corrected chi connectivity index (χ0v) is 9.31. The molecule has 0 saturated heterocycles. The van der Waals surface area contributed by atoms with Crippen molar-refractivity contribution in [3.8, 4) is 0 Å². The fourth-order valence-corrected chi connectivity index (χ4v) is 0.807. The second-order valence-corrected chi connectivity index (χ2v) is 4.41. The van der Waals surface area contributed by atoms with Crippen LogP contribution in [0, 0.1) is 5.41 Å². The van der Waals surface area contributed by atoms with Crippen molar-refractivity contribution in [2.24, 2.45) is 5.41 Å². The zero-order chi connectivity index (χ0) is 10.5. The SMILES string of the molecule is COCCC(C)NC(=O)C(C)(C)C. The molecule has 1 amide bonds. The van der Waals surface area contributed by atoms with Gasteiger partial charge in [0, 0.05) is 25.2 Å². The highest BCUT2D eigenvalue weighted by Gasteiger charge is 2.22. The van der Waals surface area contributed by atoms with Crippen LogP contribution >= 0.6 is 0 Å². The molecular formula is C10H21NO2. The van der Waals surface area contributed by atoms with Gasteiger partial charge < -0.3 is 10.1 Å². The van der Waals surface area contributed by atoms with Gasteiger partial charge in [-0.3, -0.25) is 4.79 Å². The molecule has 0 aromatic carbocycles. The van der Waals surface area contributed by atoms with Gasteiger partial charge in [-0.1, -0.05) is 20.8 Å². The number of amides is 1. The number of carbonyl (C=O) groups is 1. The zero-order valence-electron chi connectivity index (χ0n) is 9.31. The summed E-state index contributed by atoms with van der Waals surface area (Å²) in [6.07, 6.45) is 0.859. The van der Waals surface area contributed by atoms with Crippen molar-refractivity contribution in [3.63, 3.8) is 0 Å². The smallest absolute Gasteiger partial charge is 0.225 e. The third-order valence-corrected chi connectivity index (χ3v) is 1.81. The van der Waals surface area contributed by atoms with Crippen LogP contribution in [-0.2, 0) is 9.53 Å². The van der Waals surface area contributed by atoms with Crippen molar-refractivity contribution < 1.29 is 9.53 Å². The van der Waals surface area contributed by atoms with Gasteiger partial charge in [-0.05, 0) is 13.3 Å². The van der Waals surface area contributed by atoms with E-state index in [0.717, 1.165) is 6.42 Å².